The van der Waals surface area contributed by atoms with Gasteiger partial charge in [-0.3, -0.25) is 4.79 Å². The molecule has 1 atom stereocenters. The number of carbonyl (C=O) groups excluding carboxylic acids is 1. The summed E-state index contributed by atoms with van der Waals surface area (Å²) in [4.78, 5) is 13.8. The molecule has 0 spiro atoms. The van der Waals surface area contributed by atoms with Gasteiger partial charge in [0.05, 0.1) is 5.75 Å². The molecule has 4 nitrogen and oxygen atoms in total. The third kappa shape index (κ3) is 5.05. The molecule has 1 saturated heterocycles. The fourth-order valence-electron chi connectivity index (χ4n) is 2.57. The molecule has 1 aliphatic rings. The summed E-state index contributed by atoms with van der Waals surface area (Å²) >= 11 is 1.50. The smallest absolute Gasteiger partial charge is 0.387 e. The molecule has 7 heteroatoms. The Morgan fingerprint density at radius 2 is 2.18 bits per heavy atom. The molecule has 1 unspecified atom stereocenters. The Morgan fingerprint density at radius 3 is 2.82 bits per heavy atom. The number of anilines is 1. The van der Waals surface area contributed by atoms with Crippen molar-refractivity contribution in [1.29, 1.82) is 0 Å². The normalized spacial score (nSPS) is 18.4. The number of nitrogens with one attached hydrogen (secondary N) is 1. The number of hydrogen-bond donors (Lipinski definition) is 1. The topological polar surface area (TPSA) is 41.6 Å². The van der Waals surface area contributed by atoms with Crippen LogP contribution in [0.2, 0.25) is 0 Å². The van der Waals surface area contributed by atoms with E-state index in [0.717, 1.165) is 31.6 Å². The monoisotopic (exact) mass is 330 g/mol. The van der Waals surface area contributed by atoms with Crippen molar-refractivity contribution in [2.45, 2.75) is 25.5 Å². The second-order valence-corrected chi connectivity index (χ2v) is 6.02. The van der Waals surface area contributed by atoms with E-state index in [2.05, 4.69) is 15.0 Å². The van der Waals surface area contributed by atoms with Crippen LogP contribution in [0.3, 0.4) is 0 Å². The molecule has 22 heavy (non-hydrogen) atoms. The Bertz CT molecular complexity index is 485. The van der Waals surface area contributed by atoms with Crippen molar-refractivity contribution in [3.05, 3.63) is 24.3 Å². The number of nitrogens with zero attached hydrogens (tertiary/aromatic N) is 1. The van der Waals surface area contributed by atoms with Crippen LogP contribution < -0.4 is 15.0 Å². The first kappa shape index (κ1) is 16.9. The molecule has 122 valence electrons. The van der Waals surface area contributed by atoms with Gasteiger partial charge in [0.15, 0.2) is 0 Å². The minimum atomic E-state index is -2.81. The average Bonchev–Trinajstić information content (AvgIpc) is 2.48. The summed E-state index contributed by atoms with van der Waals surface area (Å²) in [6, 6.07) is 6.74. The van der Waals surface area contributed by atoms with Crippen LogP contribution >= 0.6 is 11.8 Å². The summed E-state index contributed by atoms with van der Waals surface area (Å²) in [5, 5.41) is 3.03. The molecule has 0 bridgehead atoms. The van der Waals surface area contributed by atoms with Crippen LogP contribution in [-0.4, -0.2) is 43.7 Å². The molecule has 1 N–H and O–H groups in total. The second kappa shape index (κ2) is 8.22. The number of ether oxygens (including phenoxy) is 1. The highest BCUT2D eigenvalue weighted by Gasteiger charge is 2.21. The number of carbonyl (C=O) groups is 1. The van der Waals surface area contributed by atoms with Crippen LogP contribution in [0.5, 0.6) is 5.75 Å². The summed E-state index contributed by atoms with van der Waals surface area (Å²) in [6.07, 6.45) is 3.85. The molecule has 0 aromatic heterocycles. The average molecular weight is 330 g/mol. The van der Waals surface area contributed by atoms with Gasteiger partial charge in [-0.15, -0.1) is 0 Å². The number of piperidine rings is 1. The fourth-order valence-corrected chi connectivity index (χ4v) is 2.91. The largest absolute Gasteiger partial charge is 0.435 e. The zero-order valence-electron chi connectivity index (χ0n) is 12.4. The first-order valence-corrected chi connectivity index (χ1v) is 8.56. The number of halogens is 2. The summed E-state index contributed by atoms with van der Waals surface area (Å²) in [7, 11) is 0. The summed E-state index contributed by atoms with van der Waals surface area (Å²) in [5.41, 5.74) is 0.949. The Balaban J connectivity index is 1.92. The molecule has 0 radical (unpaired) electrons. The fraction of sp³-hybridized carbons (Fsp3) is 0.533. The minimum absolute atomic E-state index is 0.0556. The quantitative estimate of drug-likeness (QED) is 0.871. The van der Waals surface area contributed by atoms with Crippen molar-refractivity contribution >= 4 is 23.4 Å². The standard InChI is InChI=1S/C15H20F2N2O2S/c1-22-10-14(20)18-11-3-2-8-19(9-11)12-4-6-13(7-5-12)21-15(16)17/h4-7,11,15H,2-3,8-10H2,1H3,(H,18,20). The highest BCUT2D eigenvalue weighted by Crippen LogP contribution is 2.23. The second-order valence-electron chi connectivity index (χ2n) is 5.16. The molecule has 0 saturated carbocycles. The van der Waals surface area contributed by atoms with Gasteiger partial charge in [0, 0.05) is 24.8 Å². The molecule has 1 amide bonds. The third-order valence-corrected chi connectivity index (χ3v) is 4.04. The van der Waals surface area contributed by atoms with Crippen molar-refractivity contribution in [2.24, 2.45) is 0 Å². The van der Waals surface area contributed by atoms with E-state index in [1.807, 2.05) is 6.26 Å². The zero-order chi connectivity index (χ0) is 15.9. The number of amides is 1. The van der Waals surface area contributed by atoms with Crippen molar-refractivity contribution in [3.8, 4) is 5.75 Å². The van der Waals surface area contributed by atoms with Gasteiger partial charge in [-0.25, -0.2) is 0 Å². The highest BCUT2D eigenvalue weighted by molar-refractivity contribution is 7.99. The van der Waals surface area contributed by atoms with Gasteiger partial charge in [-0.1, -0.05) is 0 Å². The highest BCUT2D eigenvalue weighted by atomic mass is 32.2. The Labute approximate surface area is 133 Å². The van der Waals surface area contributed by atoms with Crippen molar-refractivity contribution in [1.82, 2.24) is 5.32 Å². The first-order valence-electron chi connectivity index (χ1n) is 7.16. The Hall–Kier alpha value is -1.50. The lowest BCUT2D eigenvalue weighted by atomic mass is 10.0. The minimum Gasteiger partial charge on any atom is -0.435 e. The molecular formula is C15H20F2N2O2S. The van der Waals surface area contributed by atoms with Crippen molar-refractivity contribution in [3.63, 3.8) is 0 Å². The first-order chi connectivity index (χ1) is 10.6. The molecular weight excluding hydrogens is 310 g/mol. The maximum absolute atomic E-state index is 12.1. The van der Waals surface area contributed by atoms with Gasteiger partial charge < -0.3 is 15.0 Å². The van der Waals surface area contributed by atoms with Gasteiger partial charge in [-0.05, 0) is 43.4 Å². The summed E-state index contributed by atoms with van der Waals surface area (Å²) < 4.78 is 28.6. The van der Waals surface area contributed by atoms with Crippen LogP contribution in [-0.2, 0) is 4.79 Å². The van der Waals surface area contributed by atoms with Crippen LogP contribution in [0.25, 0.3) is 0 Å². The van der Waals surface area contributed by atoms with Gasteiger partial charge in [-0.2, -0.15) is 20.5 Å². The van der Waals surface area contributed by atoms with Crippen LogP contribution in [0.4, 0.5) is 14.5 Å². The predicted molar refractivity (Wildman–Crippen MR) is 84.8 cm³/mol. The Morgan fingerprint density at radius 1 is 1.45 bits per heavy atom. The molecule has 2 rings (SSSR count). The molecule has 1 fully saturated rings. The van der Waals surface area contributed by atoms with E-state index in [-0.39, 0.29) is 17.7 Å². The third-order valence-electron chi connectivity index (χ3n) is 3.49. The number of benzene rings is 1. The van der Waals surface area contributed by atoms with Crippen LogP contribution in [0.15, 0.2) is 24.3 Å². The van der Waals surface area contributed by atoms with Crippen molar-refractivity contribution < 1.29 is 18.3 Å². The Kier molecular flexibility index (Phi) is 6.30. The van der Waals surface area contributed by atoms with Gasteiger partial charge >= 0.3 is 6.61 Å². The predicted octanol–water partition coefficient (Wildman–Crippen LogP) is 2.74. The van der Waals surface area contributed by atoms with Gasteiger partial charge in [0.25, 0.3) is 0 Å². The van der Waals surface area contributed by atoms with E-state index in [4.69, 9.17) is 0 Å². The van der Waals surface area contributed by atoms with Crippen LogP contribution in [0.1, 0.15) is 12.8 Å². The molecule has 1 aromatic rings. The van der Waals surface area contributed by atoms with Crippen molar-refractivity contribution in [2.75, 3.05) is 30.0 Å². The van der Waals surface area contributed by atoms with E-state index >= 15 is 0 Å². The molecule has 1 heterocycles. The lowest BCUT2D eigenvalue weighted by Gasteiger charge is -2.34. The molecule has 1 aliphatic heterocycles. The van der Waals surface area contributed by atoms with E-state index < -0.39 is 6.61 Å². The number of rotatable bonds is 6. The van der Waals surface area contributed by atoms with E-state index in [0.29, 0.717) is 5.75 Å². The van der Waals surface area contributed by atoms with Crippen LogP contribution in [0, 0.1) is 0 Å². The molecule has 0 aliphatic carbocycles. The summed E-state index contributed by atoms with van der Waals surface area (Å²) in [5.74, 6) is 0.677. The maximum Gasteiger partial charge on any atom is 0.387 e. The summed E-state index contributed by atoms with van der Waals surface area (Å²) in [6.45, 7) is -1.18. The van der Waals surface area contributed by atoms with E-state index in [9.17, 15) is 13.6 Å². The SMILES string of the molecule is CSCC(=O)NC1CCCN(c2ccc(OC(F)F)cc2)C1. The van der Waals surface area contributed by atoms with Gasteiger partial charge in [0.1, 0.15) is 5.75 Å². The lowest BCUT2D eigenvalue weighted by Crippen LogP contribution is -2.48. The van der Waals surface area contributed by atoms with E-state index in [1.165, 1.54) is 23.9 Å². The lowest BCUT2D eigenvalue weighted by molar-refractivity contribution is -0.119. The van der Waals surface area contributed by atoms with E-state index in [1.54, 1.807) is 12.1 Å². The zero-order valence-corrected chi connectivity index (χ0v) is 13.2. The van der Waals surface area contributed by atoms with Gasteiger partial charge in [0.2, 0.25) is 5.91 Å². The number of thioether (sulfide) groups is 1. The molecule has 1 aromatic carbocycles. The maximum atomic E-state index is 12.1. The number of hydrogen-bond acceptors (Lipinski definition) is 4. The number of alkyl halides is 2.